The molecule has 3 aliphatic heterocycles. The first-order valence-electron chi connectivity index (χ1n) is 10.8. The van der Waals surface area contributed by atoms with Crippen molar-refractivity contribution in [1.29, 1.82) is 0 Å². The van der Waals surface area contributed by atoms with Crippen LogP contribution < -0.4 is 10.1 Å². The fraction of sp³-hybridized carbons (Fsp3) is 0.545. The number of benzene rings is 1. The van der Waals surface area contributed by atoms with Gasteiger partial charge in [0.15, 0.2) is 6.29 Å². The van der Waals surface area contributed by atoms with Gasteiger partial charge in [-0.1, -0.05) is 6.07 Å². The molecule has 0 saturated carbocycles. The first kappa shape index (κ1) is 21.5. The van der Waals surface area contributed by atoms with Crippen LogP contribution in [0.5, 0.6) is 5.75 Å². The molecule has 1 aromatic rings. The van der Waals surface area contributed by atoms with Crippen LogP contribution in [0.2, 0.25) is 0 Å². The number of amides is 4. The molecule has 1 N–H and O–H groups in total. The van der Waals surface area contributed by atoms with Crippen LogP contribution in [0.25, 0.3) is 0 Å². The van der Waals surface area contributed by atoms with Gasteiger partial charge in [-0.15, -0.1) is 0 Å². The fourth-order valence-electron chi connectivity index (χ4n) is 4.05. The summed E-state index contributed by atoms with van der Waals surface area (Å²) in [7, 11) is 0. The Kier molecular flexibility index (Phi) is 6.62. The van der Waals surface area contributed by atoms with Crippen LogP contribution in [0.1, 0.15) is 65.7 Å². The molecule has 2 unspecified atom stereocenters. The Balaban J connectivity index is 1.33. The van der Waals surface area contributed by atoms with E-state index in [0.717, 1.165) is 43.6 Å². The molecule has 3 heterocycles. The maximum Gasteiger partial charge on any atom is 0.266 e. The minimum atomic E-state index is -0.989. The molecule has 0 aliphatic carbocycles. The van der Waals surface area contributed by atoms with E-state index in [-0.39, 0.29) is 30.3 Å². The van der Waals surface area contributed by atoms with Crippen molar-refractivity contribution in [3.8, 4) is 5.75 Å². The molecule has 9 nitrogen and oxygen atoms in total. The third-order valence-corrected chi connectivity index (χ3v) is 5.67. The molecule has 166 valence electrons. The Bertz CT molecular complexity index is 879. The van der Waals surface area contributed by atoms with Gasteiger partial charge in [-0.05, 0) is 50.7 Å². The first-order valence-corrected chi connectivity index (χ1v) is 10.8. The topological polar surface area (TPSA) is 111 Å². The number of carbonyl (C=O) groups excluding carboxylic acids is 4. The number of piperidine rings is 1. The maximum absolute atomic E-state index is 13.0. The van der Waals surface area contributed by atoms with E-state index in [9.17, 15) is 19.2 Å². The van der Waals surface area contributed by atoms with E-state index in [2.05, 4.69) is 5.32 Å². The number of hydrogen-bond donors (Lipinski definition) is 1. The second-order valence-corrected chi connectivity index (χ2v) is 7.85. The average molecular weight is 430 g/mol. The van der Waals surface area contributed by atoms with Crippen molar-refractivity contribution < 1.29 is 33.4 Å². The summed E-state index contributed by atoms with van der Waals surface area (Å²) >= 11 is 0. The molecule has 3 aliphatic rings. The third-order valence-electron chi connectivity index (χ3n) is 5.67. The van der Waals surface area contributed by atoms with E-state index < -0.39 is 29.7 Å². The highest BCUT2D eigenvalue weighted by molar-refractivity contribution is 6.24. The van der Waals surface area contributed by atoms with Gasteiger partial charge < -0.3 is 14.2 Å². The van der Waals surface area contributed by atoms with Crippen LogP contribution >= 0.6 is 0 Å². The van der Waals surface area contributed by atoms with Crippen LogP contribution in [-0.2, 0) is 19.1 Å². The minimum absolute atomic E-state index is 0.0845. The lowest BCUT2D eigenvalue weighted by molar-refractivity contribution is -0.162. The van der Waals surface area contributed by atoms with Gasteiger partial charge in [0, 0.05) is 19.6 Å². The predicted octanol–water partition coefficient (Wildman–Crippen LogP) is 1.79. The lowest BCUT2D eigenvalue weighted by atomic mass is 10.0. The van der Waals surface area contributed by atoms with E-state index in [0.29, 0.717) is 19.0 Å². The lowest BCUT2D eigenvalue weighted by Crippen LogP contribution is -2.54. The average Bonchev–Trinajstić information content (AvgIpc) is 3.02. The summed E-state index contributed by atoms with van der Waals surface area (Å²) in [5.41, 5.74) is 0.383. The van der Waals surface area contributed by atoms with Crippen LogP contribution in [0.3, 0.4) is 0 Å². The van der Waals surface area contributed by atoms with Gasteiger partial charge in [-0.2, -0.15) is 0 Å². The van der Waals surface area contributed by atoms with Crippen molar-refractivity contribution in [2.24, 2.45) is 0 Å². The van der Waals surface area contributed by atoms with E-state index in [1.807, 2.05) is 0 Å². The van der Waals surface area contributed by atoms with Gasteiger partial charge in [-0.3, -0.25) is 29.4 Å². The van der Waals surface area contributed by atoms with Crippen molar-refractivity contribution in [3.63, 3.8) is 0 Å². The molecule has 31 heavy (non-hydrogen) atoms. The summed E-state index contributed by atoms with van der Waals surface area (Å²) in [5.74, 6) is -1.82. The number of nitrogens with one attached hydrogen (secondary N) is 1. The second kappa shape index (κ2) is 9.57. The second-order valence-electron chi connectivity index (χ2n) is 7.85. The Morgan fingerprint density at radius 2 is 1.87 bits per heavy atom. The summed E-state index contributed by atoms with van der Waals surface area (Å²) in [6.45, 7) is 1.68. The number of nitrogens with zero attached hydrogens (tertiary/aromatic N) is 1. The van der Waals surface area contributed by atoms with Crippen LogP contribution in [0.15, 0.2) is 18.2 Å². The molecular weight excluding hydrogens is 404 g/mol. The summed E-state index contributed by atoms with van der Waals surface area (Å²) in [5, 5.41) is 2.19. The predicted molar refractivity (Wildman–Crippen MR) is 107 cm³/mol. The van der Waals surface area contributed by atoms with Crippen LogP contribution in [0.4, 0.5) is 0 Å². The van der Waals surface area contributed by atoms with Gasteiger partial charge >= 0.3 is 0 Å². The summed E-state index contributed by atoms with van der Waals surface area (Å²) < 4.78 is 17.0. The molecule has 0 aromatic heterocycles. The van der Waals surface area contributed by atoms with Gasteiger partial charge in [0.05, 0.1) is 17.7 Å². The van der Waals surface area contributed by atoms with E-state index in [1.54, 1.807) is 18.2 Å². The zero-order valence-electron chi connectivity index (χ0n) is 17.3. The van der Waals surface area contributed by atoms with Gasteiger partial charge in [-0.25, -0.2) is 0 Å². The van der Waals surface area contributed by atoms with Crippen molar-refractivity contribution in [2.45, 2.75) is 57.3 Å². The summed E-state index contributed by atoms with van der Waals surface area (Å²) in [6.07, 6.45) is 4.71. The lowest BCUT2D eigenvalue weighted by Gasteiger charge is -2.27. The number of unbranched alkanes of at least 4 members (excludes halogenated alkanes) is 1. The number of carbonyl (C=O) groups is 4. The standard InChI is InChI=1S/C22H26N2O7/c25-17-10-9-15(20(26)23-17)24-21(27)14-6-5-7-16(19(14)22(24)28)29-11-3-4-13-31-18-8-1-2-12-30-18/h5-7,15,18H,1-4,8-13H2,(H,23,25,26). The fourth-order valence-corrected chi connectivity index (χ4v) is 4.05. The SMILES string of the molecule is O=C1CCC(N2C(=O)c3cccc(OCCCCOC4CCCCO4)c3C2=O)C(=O)N1. The van der Waals surface area contributed by atoms with Crippen LogP contribution in [0, 0.1) is 0 Å². The summed E-state index contributed by atoms with van der Waals surface area (Å²) in [4.78, 5) is 50.3. The molecule has 0 radical (unpaired) electrons. The van der Waals surface area contributed by atoms with Crippen molar-refractivity contribution >= 4 is 23.6 Å². The molecule has 9 heteroatoms. The molecule has 4 amide bonds. The van der Waals surface area contributed by atoms with Gasteiger partial charge in [0.2, 0.25) is 11.8 Å². The highest BCUT2D eigenvalue weighted by Gasteiger charge is 2.45. The molecule has 0 spiro atoms. The molecule has 2 saturated heterocycles. The minimum Gasteiger partial charge on any atom is -0.493 e. The quantitative estimate of drug-likeness (QED) is 0.494. The van der Waals surface area contributed by atoms with Crippen LogP contribution in [-0.4, -0.2) is 60.7 Å². The number of hydrogen-bond acceptors (Lipinski definition) is 7. The van der Waals surface area contributed by atoms with Gasteiger partial charge in [0.1, 0.15) is 11.8 Å². The smallest absolute Gasteiger partial charge is 0.266 e. The van der Waals surface area contributed by atoms with Crippen molar-refractivity contribution in [2.75, 3.05) is 19.8 Å². The monoisotopic (exact) mass is 430 g/mol. The third kappa shape index (κ3) is 4.62. The molecule has 1 aromatic carbocycles. The molecule has 2 fully saturated rings. The largest absolute Gasteiger partial charge is 0.493 e. The van der Waals surface area contributed by atoms with E-state index >= 15 is 0 Å². The number of imide groups is 2. The molecule has 4 rings (SSSR count). The number of rotatable bonds is 8. The Hall–Kier alpha value is -2.78. The number of ether oxygens (including phenoxy) is 3. The highest BCUT2D eigenvalue weighted by atomic mass is 16.7. The van der Waals surface area contributed by atoms with E-state index in [4.69, 9.17) is 14.2 Å². The van der Waals surface area contributed by atoms with Gasteiger partial charge in [0.25, 0.3) is 11.8 Å². The van der Waals surface area contributed by atoms with E-state index in [1.165, 1.54) is 0 Å². The number of fused-ring (bicyclic) bond motifs is 1. The maximum atomic E-state index is 13.0. The highest BCUT2D eigenvalue weighted by Crippen LogP contribution is 2.33. The zero-order chi connectivity index (χ0) is 21.8. The first-order chi connectivity index (χ1) is 15.1. The normalized spacial score (nSPS) is 23.7. The van der Waals surface area contributed by atoms with Crippen molar-refractivity contribution in [3.05, 3.63) is 29.3 Å². The Morgan fingerprint density at radius 3 is 2.65 bits per heavy atom. The Labute approximate surface area is 180 Å². The molecule has 2 atom stereocenters. The Morgan fingerprint density at radius 1 is 1.03 bits per heavy atom. The van der Waals surface area contributed by atoms with Crippen molar-refractivity contribution in [1.82, 2.24) is 10.2 Å². The summed E-state index contributed by atoms with van der Waals surface area (Å²) in [6, 6.07) is 3.85. The molecular formula is C22H26N2O7. The zero-order valence-corrected chi connectivity index (χ0v) is 17.3. The molecule has 0 bridgehead atoms.